The summed E-state index contributed by atoms with van der Waals surface area (Å²) in [5.41, 5.74) is 2.83. The molecular formula is C20H22BrN3O2S. The number of halogens is 1. The number of amides is 1. The summed E-state index contributed by atoms with van der Waals surface area (Å²) < 4.78 is 6.38. The van der Waals surface area contributed by atoms with Gasteiger partial charge in [-0.1, -0.05) is 22.9 Å². The zero-order chi connectivity index (χ0) is 19.7. The van der Waals surface area contributed by atoms with E-state index in [1.807, 2.05) is 46.0 Å². The smallest absolute Gasteiger partial charge is 0.264 e. The van der Waals surface area contributed by atoms with Crippen molar-refractivity contribution in [1.29, 1.82) is 0 Å². The van der Waals surface area contributed by atoms with Crippen molar-refractivity contribution < 1.29 is 9.53 Å². The highest BCUT2D eigenvalue weighted by molar-refractivity contribution is 9.10. The number of thiophene rings is 1. The first kappa shape index (κ1) is 19.8. The van der Waals surface area contributed by atoms with Gasteiger partial charge in [-0.3, -0.25) is 4.79 Å². The van der Waals surface area contributed by atoms with Gasteiger partial charge in [0.2, 0.25) is 0 Å². The minimum Gasteiger partial charge on any atom is -0.496 e. The van der Waals surface area contributed by atoms with Crippen molar-refractivity contribution in [2.45, 2.75) is 33.7 Å². The number of methoxy groups -OCH3 is 1. The average molecular weight is 448 g/mol. The van der Waals surface area contributed by atoms with Gasteiger partial charge >= 0.3 is 0 Å². The lowest BCUT2D eigenvalue weighted by Gasteiger charge is -2.19. The van der Waals surface area contributed by atoms with Crippen LogP contribution in [0.2, 0.25) is 0 Å². The molecule has 1 aromatic carbocycles. The van der Waals surface area contributed by atoms with Crippen LogP contribution in [0.15, 0.2) is 22.7 Å². The molecule has 0 unspecified atom stereocenters. The average Bonchev–Trinajstić information content (AvgIpc) is 2.98. The number of benzene rings is 1. The summed E-state index contributed by atoms with van der Waals surface area (Å²) in [5.74, 6) is 1.56. The van der Waals surface area contributed by atoms with Gasteiger partial charge in [0.1, 0.15) is 16.4 Å². The summed E-state index contributed by atoms with van der Waals surface area (Å²) in [7, 11) is 3.44. The van der Waals surface area contributed by atoms with Crippen LogP contribution in [-0.4, -0.2) is 34.9 Å². The summed E-state index contributed by atoms with van der Waals surface area (Å²) in [6, 6.07) is 5.80. The Balaban J connectivity index is 1.95. The minimum absolute atomic E-state index is 0.0185. The van der Waals surface area contributed by atoms with Gasteiger partial charge < -0.3 is 9.64 Å². The molecule has 0 saturated carbocycles. The molecule has 0 aliphatic rings. The number of ether oxygens (including phenoxy) is 1. The largest absolute Gasteiger partial charge is 0.496 e. The molecule has 2 aromatic heterocycles. The summed E-state index contributed by atoms with van der Waals surface area (Å²) in [5, 5.41) is 0.994. The highest BCUT2D eigenvalue weighted by atomic mass is 79.9. The number of fused-ring (bicyclic) bond motifs is 1. The number of nitrogens with zero attached hydrogens (tertiary/aromatic N) is 3. The Morgan fingerprint density at radius 1 is 1.30 bits per heavy atom. The monoisotopic (exact) mass is 447 g/mol. The number of aromatic nitrogens is 2. The highest BCUT2D eigenvalue weighted by Crippen LogP contribution is 2.33. The second-order valence-electron chi connectivity index (χ2n) is 6.43. The molecule has 7 heteroatoms. The Hall–Kier alpha value is -1.99. The van der Waals surface area contributed by atoms with Crippen LogP contribution in [0, 0.1) is 13.8 Å². The van der Waals surface area contributed by atoms with E-state index in [1.54, 1.807) is 12.0 Å². The Labute approximate surface area is 171 Å². The summed E-state index contributed by atoms with van der Waals surface area (Å²) >= 11 is 4.93. The van der Waals surface area contributed by atoms with E-state index in [0.29, 0.717) is 11.4 Å². The predicted molar refractivity (Wildman–Crippen MR) is 113 cm³/mol. The van der Waals surface area contributed by atoms with Crippen molar-refractivity contribution in [2.24, 2.45) is 0 Å². The van der Waals surface area contributed by atoms with Crippen molar-refractivity contribution >= 4 is 43.4 Å². The zero-order valence-electron chi connectivity index (χ0n) is 16.1. The Kier molecular flexibility index (Phi) is 5.81. The standard InChI is InChI=1S/C20H22BrN3O2S/c1-6-16-22-12(3)17-11(2)18(27-19(17)23-16)20(25)24(4)10-13-9-14(21)7-8-15(13)26-5/h7-9H,6,10H2,1-5H3. The molecule has 0 atom stereocenters. The number of aryl methyl sites for hydroxylation is 3. The maximum absolute atomic E-state index is 13.1. The third kappa shape index (κ3) is 3.84. The lowest BCUT2D eigenvalue weighted by atomic mass is 10.1. The SMILES string of the molecule is CCc1nc(C)c2c(C)c(C(=O)N(C)Cc3cc(Br)ccc3OC)sc2n1. The molecule has 0 bridgehead atoms. The van der Waals surface area contributed by atoms with Crippen molar-refractivity contribution in [1.82, 2.24) is 14.9 Å². The van der Waals surface area contributed by atoms with Crippen molar-refractivity contribution in [2.75, 3.05) is 14.2 Å². The molecule has 0 radical (unpaired) electrons. The number of rotatable bonds is 5. The van der Waals surface area contributed by atoms with Crippen LogP contribution in [-0.2, 0) is 13.0 Å². The topological polar surface area (TPSA) is 55.3 Å². The Bertz CT molecular complexity index is 1020. The molecule has 1 amide bonds. The molecule has 3 aromatic rings. The summed E-state index contributed by atoms with van der Waals surface area (Å²) in [6.07, 6.45) is 0.777. The van der Waals surface area contributed by atoms with Gasteiger partial charge in [-0.15, -0.1) is 11.3 Å². The van der Waals surface area contributed by atoms with Gasteiger partial charge in [0.15, 0.2) is 0 Å². The summed E-state index contributed by atoms with van der Waals surface area (Å²) in [4.78, 5) is 25.6. The maximum atomic E-state index is 13.1. The third-order valence-corrected chi connectivity index (χ3v) is 6.19. The third-order valence-electron chi connectivity index (χ3n) is 4.52. The molecule has 0 spiro atoms. The number of hydrogen-bond acceptors (Lipinski definition) is 5. The number of carbonyl (C=O) groups excluding carboxylic acids is 1. The molecule has 0 saturated heterocycles. The second-order valence-corrected chi connectivity index (χ2v) is 8.35. The first-order valence-corrected chi connectivity index (χ1v) is 10.3. The van der Waals surface area contributed by atoms with Crippen LogP contribution < -0.4 is 4.74 Å². The molecule has 3 rings (SSSR count). The Morgan fingerprint density at radius 2 is 2.04 bits per heavy atom. The quantitative estimate of drug-likeness (QED) is 0.557. The van der Waals surface area contributed by atoms with Crippen molar-refractivity contribution in [3.05, 3.63) is 50.2 Å². The molecule has 0 fully saturated rings. The van der Waals surface area contributed by atoms with E-state index in [2.05, 4.69) is 25.9 Å². The molecule has 0 N–H and O–H groups in total. The van der Waals surface area contributed by atoms with Crippen LogP contribution in [0.3, 0.4) is 0 Å². The van der Waals surface area contributed by atoms with Gasteiger partial charge in [-0.2, -0.15) is 0 Å². The molecule has 0 aliphatic heterocycles. The van der Waals surface area contributed by atoms with E-state index in [-0.39, 0.29) is 5.91 Å². The maximum Gasteiger partial charge on any atom is 0.264 e. The molecule has 0 aliphatic carbocycles. The number of carbonyl (C=O) groups is 1. The lowest BCUT2D eigenvalue weighted by Crippen LogP contribution is -2.26. The van der Waals surface area contributed by atoms with Gasteiger partial charge in [-0.25, -0.2) is 9.97 Å². The lowest BCUT2D eigenvalue weighted by molar-refractivity contribution is 0.0788. The van der Waals surface area contributed by atoms with Crippen LogP contribution in [0.25, 0.3) is 10.2 Å². The molecule has 2 heterocycles. The van der Waals surface area contributed by atoms with E-state index < -0.39 is 0 Å². The first-order chi connectivity index (χ1) is 12.8. The van der Waals surface area contributed by atoms with E-state index in [4.69, 9.17) is 4.74 Å². The molecule has 5 nitrogen and oxygen atoms in total. The first-order valence-electron chi connectivity index (χ1n) is 8.70. The predicted octanol–water partition coefficient (Wildman–Crippen LogP) is 4.91. The second kappa shape index (κ2) is 7.94. The van der Waals surface area contributed by atoms with Crippen molar-refractivity contribution in [3.8, 4) is 5.75 Å². The fourth-order valence-electron chi connectivity index (χ4n) is 3.13. The van der Waals surface area contributed by atoms with Crippen molar-refractivity contribution in [3.63, 3.8) is 0 Å². The zero-order valence-corrected chi connectivity index (χ0v) is 18.5. The van der Waals surface area contributed by atoms with Crippen LogP contribution in [0.4, 0.5) is 0 Å². The normalized spacial score (nSPS) is 11.0. The van der Waals surface area contributed by atoms with Gasteiger partial charge in [-0.05, 0) is 37.6 Å². The van der Waals surface area contributed by atoms with Crippen LogP contribution in [0.1, 0.15) is 39.2 Å². The van der Waals surface area contributed by atoms with E-state index in [9.17, 15) is 4.79 Å². The number of hydrogen-bond donors (Lipinski definition) is 0. The summed E-state index contributed by atoms with van der Waals surface area (Å²) in [6.45, 7) is 6.45. The molecule has 142 valence electrons. The van der Waals surface area contributed by atoms with Crippen LogP contribution in [0.5, 0.6) is 5.75 Å². The fraction of sp³-hybridized carbons (Fsp3) is 0.350. The van der Waals surface area contributed by atoms with Gasteiger partial charge in [0.25, 0.3) is 5.91 Å². The molecule has 27 heavy (non-hydrogen) atoms. The van der Waals surface area contributed by atoms with Gasteiger partial charge in [0.05, 0.1) is 12.0 Å². The molecular weight excluding hydrogens is 426 g/mol. The van der Waals surface area contributed by atoms with Gasteiger partial charge in [0, 0.05) is 41.1 Å². The Morgan fingerprint density at radius 3 is 2.70 bits per heavy atom. The van der Waals surface area contributed by atoms with E-state index in [0.717, 1.165) is 49.5 Å². The minimum atomic E-state index is -0.0185. The van der Waals surface area contributed by atoms with Crippen LogP contribution >= 0.6 is 27.3 Å². The van der Waals surface area contributed by atoms with E-state index >= 15 is 0 Å². The fourth-order valence-corrected chi connectivity index (χ4v) is 4.78. The highest BCUT2D eigenvalue weighted by Gasteiger charge is 2.22. The van der Waals surface area contributed by atoms with E-state index in [1.165, 1.54) is 11.3 Å².